The minimum atomic E-state index is -3.43. The molecule has 0 unspecified atom stereocenters. The van der Waals surface area contributed by atoms with Crippen LogP contribution in [-0.2, 0) is 27.8 Å². The van der Waals surface area contributed by atoms with E-state index >= 15 is 0 Å². The molecular formula is C16H23IN4O3S3. The second-order valence-corrected chi connectivity index (χ2v) is 9.96. The minimum absolute atomic E-state index is 0. The molecule has 7 nitrogen and oxygen atoms in total. The first-order chi connectivity index (χ1) is 12.6. The molecule has 2 N–H and O–H groups in total. The Morgan fingerprint density at radius 1 is 1.19 bits per heavy atom. The van der Waals surface area contributed by atoms with Gasteiger partial charge in [-0.05, 0) is 23.6 Å². The largest absolute Gasteiger partial charge is 0.379 e. The highest BCUT2D eigenvalue weighted by molar-refractivity contribution is 14.0. The molecule has 0 aromatic carbocycles. The van der Waals surface area contributed by atoms with E-state index in [2.05, 4.69) is 21.7 Å². The van der Waals surface area contributed by atoms with Gasteiger partial charge in [0.15, 0.2) is 5.96 Å². The fourth-order valence-electron chi connectivity index (χ4n) is 2.48. The Hall–Kier alpha value is -0.730. The van der Waals surface area contributed by atoms with Gasteiger partial charge < -0.3 is 15.4 Å². The average molecular weight is 542 g/mol. The van der Waals surface area contributed by atoms with E-state index in [0.29, 0.717) is 49.6 Å². The fourth-order valence-corrected chi connectivity index (χ4v) is 5.98. The molecule has 0 atom stereocenters. The van der Waals surface area contributed by atoms with Crippen molar-refractivity contribution in [1.29, 1.82) is 0 Å². The highest BCUT2D eigenvalue weighted by Gasteiger charge is 2.27. The van der Waals surface area contributed by atoms with E-state index in [9.17, 15) is 8.42 Å². The maximum absolute atomic E-state index is 12.7. The summed E-state index contributed by atoms with van der Waals surface area (Å²) in [6, 6.07) is 7.60. The van der Waals surface area contributed by atoms with E-state index in [1.807, 2.05) is 17.5 Å². The summed E-state index contributed by atoms with van der Waals surface area (Å²) in [5.74, 6) is 0.685. The van der Waals surface area contributed by atoms with Gasteiger partial charge in [-0.25, -0.2) is 8.42 Å². The topological polar surface area (TPSA) is 83.0 Å². The van der Waals surface area contributed by atoms with Crippen LogP contribution < -0.4 is 10.6 Å². The molecular weight excluding hydrogens is 519 g/mol. The SMILES string of the molecule is CN=C(NCc1cccs1)NCc1ccc(S(=O)(=O)N2CCOCC2)s1.I. The number of morpholine rings is 1. The number of hydrogen-bond donors (Lipinski definition) is 2. The number of sulfonamides is 1. The van der Waals surface area contributed by atoms with Gasteiger partial charge in [0.2, 0.25) is 0 Å². The molecule has 1 saturated heterocycles. The summed E-state index contributed by atoms with van der Waals surface area (Å²) in [7, 11) is -1.71. The van der Waals surface area contributed by atoms with Crippen LogP contribution in [0.15, 0.2) is 38.8 Å². The summed E-state index contributed by atoms with van der Waals surface area (Å²) < 4.78 is 32.4. The van der Waals surface area contributed by atoms with Crippen LogP contribution in [0.3, 0.4) is 0 Å². The zero-order valence-corrected chi connectivity index (χ0v) is 19.7. The molecule has 150 valence electrons. The number of nitrogens with one attached hydrogen (secondary N) is 2. The molecule has 11 heteroatoms. The van der Waals surface area contributed by atoms with E-state index in [4.69, 9.17) is 4.74 Å². The maximum Gasteiger partial charge on any atom is 0.252 e. The molecule has 0 bridgehead atoms. The van der Waals surface area contributed by atoms with Gasteiger partial charge in [-0.2, -0.15) is 4.31 Å². The molecule has 0 amide bonds. The van der Waals surface area contributed by atoms with Gasteiger partial charge in [0.1, 0.15) is 4.21 Å². The molecule has 2 aromatic rings. The number of rotatable bonds is 6. The van der Waals surface area contributed by atoms with E-state index in [-0.39, 0.29) is 24.0 Å². The van der Waals surface area contributed by atoms with Crippen LogP contribution in [0.1, 0.15) is 9.75 Å². The van der Waals surface area contributed by atoms with Crippen LogP contribution in [-0.4, -0.2) is 52.0 Å². The molecule has 0 spiro atoms. The van der Waals surface area contributed by atoms with E-state index in [0.717, 1.165) is 4.88 Å². The lowest BCUT2D eigenvalue weighted by atomic mass is 10.4. The van der Waals surface area contributed by atoms with Crippen molar-refractivity contribution in [2.75, 3.05) is 33.4 Å². The van der Waals surface area contributed by atoms with E-state index in [1.165, 1.54) is 20.5 Å². The van der Waals surface area contributed by atoms with E-state index in [1.54, 1.807) is 24.5 Å². The number of thiophene rings is 2. The molecule has 1 fully saturated rings. The highest BCUT2D eigenvalue weighted by Crippen LogP contribution is 2.25. The Labute approximate surface area is 184 Å². The van der Waals surface area contributed by atoms with Gasteiger partial charge in [0.05, 0.1) is 26.3 Å². The maximum atomic E-state index is 12.7. The Morgan fingerprint density at radius 3 is 2.52 bits per heavy atom. The highest BCUT2D eigenvalue weighted by atomic mass is 127. The predicted octanol–water partition coefficient (Wildman–Crippen LogP) is 2.31. The molecule has 3 rings (SSSR count). The van der Waals surface area contributed by atoms with E-state index < -0.39 is 10.0 Å². The van der Waals surface area contributed by atoms with Crippen LogP contribution in [0, 0.1) is 0 Å². The van der Waals surface area contributed by atoms with Gasteiger partial charge in [-0.15, -0.1) is 46.7 Å². The number of halogens is 1. The van der Waals surface area contributed by atoms with Crippen molar-refractivity contribution >= 4 is 62.6 Å². The third kappa shape index (κ3) is 6.12. The molecule has 0 saturated carbocycles. The summed E-state index contributed by atoms with van der Waals surface area (Å²) in [6.07, 6.45) is 0. The first kappa shape index (κ1) is 22.6. The first-order valence-corrected chi connectivity index (χ1v) is 11.4. The Morgan fingerprint density at radius 2 is 1.89 bits per heavy atom. The standard InChI is InChI=1S/C16H22N4O3S3.HI/c1-17-16(18-11-13-3-2-10-24-13)19-12-14-4-5-15(25-14)26(21,22)20-6-8-23-9-7-20;/h2-5,10H,6-9,11-12H2,1H3,(H2,17,18,19);1H. The number of aliphatic imine (C=N–C) groups is 1. The monoisotopic (exact) mass is 542 g/mol. The lowest BCUT2D eigenvalue weighted by molar-refractivity contribution is 0.0731. The van der Waals surface area contributed by atoms with Crippen molar-refractivity contribution in [2.24, 2.45) is 4.99 Å². The van der Waals surface area contributed by atoms with Crippen molar-refractivity contribution in [3.8, 4) is 0 Å². The Bertz CT molecular complexity index is 831. The summed E-state index contributed by atoms with van der Waals surface area (Å²) >= 11 is 2.97. The summed E-state index contributed by atoms with van der Waals surface area (Å²) in [6.45, 7) is 2.95. The molecule has 1 aliphatic heterocycles. The first-order valence-electron chi connectivity index (χ1n) is 8.23. The van der Waals surface area contributed by atoms with Crippen molar-refractivity contribution in [1.82, 2.24) is 14.9 Å². The Kier molecular flexibility index (Phi) is 8.95. The zero-order valence-electron chi connectivity index (χ0n) is 14.9. The summed E-state index contributed by atoms with van der Waals surface area (Å²) in [5.41, 5.74) is 0. The Balaban J connectivity index is 0.00000261. The van der Waals surface area contributed by atoms with Gasteiger partial charge in [-0.1, -0.05) is 6.07 Å². The van der Waals surface area contributed by atoms with Crippen molar-refractivity contribution in [3.05, 3.63) is 39.4 Å². The van der Waals surface area contributed by atoms with Crippen molar-refractivity contribution in [2.45, 2.75) is 17.3 Å². The number of ether oxygens (including phenoxy) is 1. The number of nitrogens with zero attached hydrogens (tertiary/aromatic N) is 2. The quantitative estimate of drug-likeness (QED) is 0.333. The fraction of sp³-hybridized carbons (Fsp3) is 0.438. The van der Waals surface area contributed by atoms with Crippen LogP contribution in [0.4, 0.5) is 0 Å². The van der Waals surface area contributed by atoms with Gasteiger partial charge in [0.25, 0.3) is 10.0 Å². The third-order valence-electron chi connectivity index (χ3n) is 3.87. The molecule has 0 aliphatic carbocycles. The molecule has 2 aromatic heterocycles. The average Bonchev–Trinajstić information content (AvgIpc) is 3.35. The second-order valence-electron chi connectivity index (χ2n) is 5.60. The summed E-state index contributed by atoms with van der Waals surface area (Å²) in [4.78, 5) is 6.36. The molecule has 1 aliphatic rings. The lowest BCUT2D eigenvalue weighted by Gasteiger charge is -2.25. The van der Waals surface area contributed by atoms with Crippen molar-refractivity contribution < 1.29 is 13.2 Å². The normalized spacial score (nSPS) is 16.0. The summed E-state index contributed by atoms with van der Waals surface area (Å²) in [5, 5.41) is 8.50. The smallest absolute Gasteiger partial charge is 0.252 e. The van der Waals surface area contributed by atoms with Crippen molar-refractivity contribution in [3.63, 3.8) is 0 Å². The minimum Gasteiger partial charge on any atom is -0.379 e. The predicted molar refractivity (Wildman–Crippen MR) is 121 cm³/mol. The third-order valence-corrected chi connectivity index (χ3v) is 8.19. The van der Waals surface area contributed by atoms with Crippen LogP contribution >= 0.6 is 46.7 Å². The molecule has 27 heavy (non-hydrogen) atoms. The van der Waals surface area contributed by atoms with Crippen LogP contribution in [0.5, 0.6) is 0 Å². The van der Waals surface area contributed by atoms with Crippen LogP contribution in [0.2, 0.25) is 0 Å². The second kappa shape index (κ2) is 10.7. The van der Waals surface area contributed by atoms with Gasteiger partial charge >= 0.3 is 0 Å². The lowest BCUT2D eigenvalue weighted by Crippen LogP contribution is -2.40. The molecule has 3 heterocycles. The zero-order chi connectivity index (χ0) is 18.4. The van der Waals surface area contributed by atoms with Gasteiger partial charge in [0, 0.05) is 29.9 Å². The van der Waals surface area contributed by atoms with Crippen LogP contribution in [0.25, 0.3) is 0 Å². The number of guanidine groups is 1. The molecule has 0 radical (unpaired) electrons. The number of hydrogen-bond acceptors (Lipinski definition) is 6. The van der Waals surface area contributed by atoms with Gasteiger partial charge in [-0.3, -0.25) is 4.99 Å².